The van der Waals surface area contributed by atoms with Crippen LogP contribution in [0.1, 0.15) is 0 Å². The van der Waals surface area contributed by atoms with Gasteiger partial charge >= 0.3 is 0 Å². The molecule has 0 aliphatic rings. The summed E-state index contributed by atoms with van der Waals surface area (Å²) >= 11 is 0. The Labute approximate surface area is 359 Å². The largest absolute Gasteiger partial charge is 0.309 e. The number of nitrogens with zero attached hydrogens (tertiary/aromatic N) is 4. The summed E-state index contributed by atoms with van der Waals surface area (Å²) in [6.45, 7) is 0. The lowest BCUT2D eigenvalue weighted by molar-refractivity contribution is 1.16. The van der Waals surface area contributed by atoms with Crippen LogP contribution in [0.5, 0.6) is 0 Å². The Hall–Kier alpha value is -8.34. The average Bonchev–Trinajstić information content (AvgIpc) is 3.87. The summed E-state index contributed by atoms with van der Waals surface area (Å²) < 4.78 is 4.80. The molecule has 0 bridgehead atoms. The minimum absolute atomic E-state index is 0.705. The van der Waals surface area contributed by atoms with Crippen LogP contribution in [0, 0.1) is 0 Å². The predicted molar refractivity (Wildman–Crippen MR) is 258 cm³/mol. The van der Waals surface area contributed by atoms with E-state index in [0.29, 0.717) is 5.82 Å². The molecule has 0 aliphatic heterocycles. The maximum Gasteiger partial charge on any atom is 0.160 e. The molecule has 12 aromatic rings. The molecule has 0 amide bonds. The van der Waals surface area contributed by atoms with Crippen LogP contribution < -0.4 is 0 Å². The van der Waals surface area contributed by atoms with Crippen LogP contribution in [0.25, 0.3) is 111 Å². The summed E-state index contributed by atoms with van der Waals surface area (Å²) in [6.07, 6.45) is 0. The van der Waals surface area contributed by atoms with Crippen LogP contribution >= 0.6 is 0 Å². The molecule has 3 aromatic heterocycles. The molecule has 12 rings (SSSR count). The fraction of sp³-hybridized carbons (Fsp3) is 0. The smallest absolute Gasteiger partial charge is 0.160 e. The first-order chi connectivity index (χ1) is 30.7. The van der Waals surface area contributed by atoms with Crippen molar-refractivity contribution in [2.75, 3.05) is 0 Å². The second kappa shape index (κ2) is 14.7. The summed E-state index contributed by atoms with van der Waals surface area (Å²) in [4.78, 5) is 10.2. The van der Waals surface area contributed by atoms with Gasteiger partial charge in [0, 0.05) is 49.6 Å². The number of benzene rings is 9. The maximum absolute atomic E-state index is 5.15. The molecule has 4 heteroatoms. The second-order valence-electron chi connectivity index (χ2n) is 15.8. The molecule has 0 saturated heterocycles. The Kier molecular flexibility index (Phi) is 8.46. The molecular weight excluding hydrogens is 753 g/mol. The van der Waals surface area contributed by atoms with Gasteiger partial charge in [0.25, 0.3) is 0 Å². The zero-order valence-electron chi connectivity index (χ0n) is 33.7. The van der Waals surface area contributed by atoms with Crippen molar-refractivity contribution in [2.24, 2.45) is 0 Å². The molecule has 0 saturated carbocycles. The molecule has 0 atom stereocenters. The highest BCUT2D eigenvalue weighted by molar-refractivity contribution is 6.12. The van der Waals surface area contributed by atoms with Gasteiger partial charge in [0.05, 0.1) is 33.5 Å². The average molecular weight is 791 g/mol. The topological polar surface area (TPSA) is 35.6 Å². The van der Waals surface area contributed by atoms with Crippen LogP contribution in [-0.4, -0.2) is 19.1 Å². The lowest BCUT2D eigenvalue weighted by Gasteiger charge is -2.12. The third kappa shape index (κ3) is 6.08. The van der Waals surface area contributed by atoms with Gasteiger partial charge < -0.3 is 9.13 Å². The van der Waals surface area contributed by atoms with Gasteiger partial charge in [0.15, 0.2) is 5.82 Å². The van der Waals surface area contributed by atoms with Crippen LogP contribution in [0.2, 0.25) is 0 Å². The Morgan fingerprint density at radius 2 is 0.694 bits per heavy atom. The molecule has 0 unspecified atom stereocenters. The van der Waals surface area contributed by atoms with E-state index in [1.54, 1.807) is 0 Å². The van der Waals surface area contributed by atoms with E-state index >= 15 is 0 Å². The molecular formula is C58H38N4. The van der Waals surface area contributed by atoms with E-state index in [-0.39, 0.29) is 0 Å². The summed E-state index contributed by atoms with van der Waals surface area (Å²) in [5.74, 6) is 0.705. The van der Waals surface area contributed by atoms with Gasteiger partial charge in [0.2, 0.25) is 0 Å². The molecule has 0 spiro atoms. The highest BCUT2D eigenvalue weighted by Gasteiger charge is 2.18. The lowest BCUT2D eigenvalue weighted by Crippen LogP contribution is -1.97. The van der Waals surface area contributed by atoms with E-state index in [1.165, 1.54) is 54.8 Å². The minimum Gasteiger partial charge on any atom is -0.309 e. The van der Waals surface area contributed by atoms with Crippen molar-refractivity contribution < 1.29 is 0 Å². The highest BCUT2D eigenvalue weighted by Crippen LogP contribution is 2.39. The molecule has 3 heterocycles. The molecule has 0 N–H and O–H groups in total. The van der Waals surface area contributed by atoms with Crippen molar-refractivity contribution in [1.29, 1.82) is 0 Å². The van der Waals surface area contributed by atoms with Crippen molar-refractivity contribution in [3.63, 3.8) is 0 Å². The molecule has 4 nitrogen and oxygen atoms in total. The molecule has 0 aliphatic carbocycles. The Morgan fingerprint density at radius 3 is 1.39 bits per heavy atom. The van der Waals surface area contributed by atoms with E-state index in [4.69, 9.17) is 9.97 Å². The first-order valence-electron chi connectivity index (χ1n) is 21.1. The summed E-state index contributed by atoms with van der Waals surface area (Å²) in [7, 11) is 0. The SMILES string of the molecule is c1ccc(-c2cccc(-n3c4ccccc4c4ccc(-c5ccc6c(c5)c5ccccc5n6-c5cccc(-c6cc(-c7ccccc7)nc(-c7ccccc7)n6)c5)cc43)c2)cc1. The quantitative estimate of drug-likeness (QED) is 0.161. The van der Waals surface area contributed by atoms with Crippen molar-refractivity contribution >= 4 is 43.6 Å². The minimum atomic E-state index is 0.705. The first kappa shape index (κ1) is 35.6. The number of para-hydroxylation sites is 2. The zero-order chi connectivity index (χ0) is 41.0. The summed E-state index contributed by atoms with van der Waals surface area (Å²) in [5.41, 5.74) is 16.5. The number of rotatable bonds is 7. The second-order valence-corrected chi connectivity index (χ2v) is 15.8. The van der Waals surface area contributed by atoms with Crippen molar-refractivity contribution in [2.45, 2.75) is 0 Å². The maximum atomic E-state index is 5.15. The van der Waals surface area contributed by atoms with Gasteiger partial charge in [-0.25, -0.2) is 9.97 Å². The lowest BCUT2D eigenvalue weighted by atomic mass is 10.0. The first-order valence-corrected chi connectivity index (χ1v) is 21.1. The van der Waals surface area contributed by atoms with Crippen LogP contribution in [0.4, 0.5) is 0 Å². The molecule has 290 valence electrons. The zero-order valence-corrected chi connectivity index (χ0v) is 33.7. The molecule has 62 heavy (non-hydrogen) atoms. The Morgan fingerprint density at radius 1 is 0.242 bits per heavy atom. The van der Waals surface area contributed by atoms with Crippen LogP contribution in [-0.2, 0) is 0 Å². The van der Waals surface area contributed by atoms with E-state index in [9.17, 15) is 0 Å². The van der Waals surface area contributed by atoms with Gasteiger partial charge in [-0.05, 0) is 82.9 Å². The number of hydrogen-bond acceptors (Lipinski definition) is 2. The Bertz CT molecular complexity index is 3560. The third-order valence-corrected chi connectivity index (χ3v) is 12.1. The fourth-order valence-corrected chi connectivity index (χ4v) is 9.19. The highest BCUT2D eigenvalue weighted by atomic mass is 15.0. The van der Waals surface area contributed by atoms with Crippen LogP contribution in [0.15, 0.2) is 231 Å². The monoisotopic (exact) mass is 790 g/mol. The summed E-state index contributed by atoms with van der Waals surface area (Å²) in [6, 6.07) is 82.2. The van der Waals surface area contributed by atoms with E-state index < -0.39 is 0 Å². The normalized spacial score (nSPS) is 11.5. The Balaban J connectivity index is 0.987. The number of fused-ring (bicyclic) bond motifs is 6. The van der Waals surface area contributed by atoms with Crippen molar-refractivity contribution in [3.05, 3.63) is 231 Å². The van der Waals surface area contributed by atoms with Crippen molar-refractivity contribution in [1.82, 2.24) is 19.1 Å². The van der Waals surface area contributed by atoms with E-state index in [1.807, 2.05) is 24.3 Å². The van der Waals surface area contributed by atoms with E-state index in [0.717, 1.165) is 50.5 Å². The molecule has 0 fully saturated rings. The van der Waals surface area contributed by atoms with Gasteiger partial charge in [-0.15, -0.1) is 0 Å². The van der Waals surface area contributed by atoms with Crippen LogP contribution in [0.3, 0.4) is 0 Å². The van der Waals surface area contributed by atoms with Gasteiger partial charge in [-0.2, -0.15) is 0 Å². The number of hydrogen-bond donors (Lipinski definition) is 0. The van der Waals surface area contributed by atoms with Gasteiger partial charge in [-0.3, -0.25) is 0 Å². The van der Waals surface area contributed by atoms with Gasteiger partial charge in [0.1, 0.15) is 0 Å². The molecule has 0 radical (unpaired) electrons. The fourth-order valence-electron chi connectivity index (χ4n) is 9.19. The molecule has 9 aromatic carbocycles. The standard InChI is InChI=1S/C58H38N4/c1-4-16-39(17-5-1)42-22-14-24-46(34-42)62-54-28-12-10-26-48(54)50-32-30-44(37-57(50)62)43-31-33-56-51(36-43)49-27-11-13-29-55(49)61(56)47-25-15-23-45(35-47)53-38-52(40-18-6-2-7-19-40)59-58(60-53)41-20-8-3-9-21-41/h1-38H. The predicted octanol–water partition coefficient (Wildman–Crippen LogP) is 15.0. The third-order valence-electron chi connectivity index (χ3n) is 12.1. The van der Waals surface area contributed by atoms with Crippen molar-refractivity contribution in [3.8, 4) is 67.5 Å². The summed E-state index contributed by atoms with van der Waals surface area (Å²) in [5, 5.41) is 4.90. The van der Waals surface area contributed by atoms with Gasteiger partial charge in [-0.1, -0.05) is 170 Å². The number of aromatic nitrogens is 4. The van der Waals surface area contributed by atoms with E-state index in [2.05, 4.69) is 215 Å².